The standard InChI is InChI=1S/C14H16ClN3O/c1-2-6-16-8-12-9-17-10-14(18-12)19-13-5-3-4-11(15)7-13/h3-5,7,9-10,16H,2,6,8H2,1H3. The van der Waals surface area contributed by atoms with Crippen LogP contribution in [0, 0.1) is 0 Å². The largest absolute Gasteiger partial charge is 0.437 e. The molecule has 0 fully saturated rings. The zero-order valence-corrected chi connectivity index (χ0v) is 11.5. The van der Waals surface area contributed by atoms with Crippen LogP contribution < -0.4 is 10.1 Å². The van der Waals surface area contributed by atoms with E-state index in [2.05, 4.69) is 22.2 Å². The first kappa shape index (κ1) is 13.8. The summed E-state index contributed by atoms with van der Waals surface area (Å²) < 4.78 is 5.62. The minimum Gasteiger partial charge on any atom is -0.437 e. The van der Waals surface area contributed by atoms with Crippen molar-refractivity contribution in [3.8, 4) is 11.6 Å². The van der Waals surface area contributed by atoms with Gasteiger partial charge in [-0.05, 0) is 31.2 Å². The summed E-state index contributed by atoms with van der Waals surface area (Å²) in [5.41, 5.74) is 0.855. The Balaban J connectivity index is 2.02. The summed E-state index contributed by atoms with van der Waals surface area (Å²) in [5.74, 6) is 1.12. The Morgan fingerprint density at radius 3 is 3.00 bits per heavy atom. The molecule has 1 N–H and O–H groups in total. The first-order valence-electron chi connectivity index (χ1n) is 6.23. The van der Waals surface area contributed by atoms with Gasteiger partial charge in [0.05, 0.1) is 11.9 Å². The lowest BCUT2D eigenvalue weighted by atomic mass is 10.3. The van der Waals surface area contributed by atoms with Crippen molar-refractivity contribution in [3.05, 3.63) is 47.4 Å². The average Bonchev–Trinajstić information content (AvgIpc) is 2.39. The lowest BCUT2D eigenvalue weighted by Crippen LogP contribution is -2.15. The maximum atomic E-state index is 5.90. The molecule has 1 aromatic heterocycles. The molecule has 0 aliphatic carbocycles. The van der Waals surface area contributed by atoms with Crippen LogP contribution in [0.5, 0.6) is 11.6 Å². The van der Waals surface area contributed by atoms with Gasteiger partial charge in [-0.3, -0.25) is 4.98 Å². The van der Waals surface area contributed by atoms with E-state index >= 15 is 0 Å². The molecule has 0 spiro atoms. The Hall–Kier alpha value is -1.65. The molecule has 19 heavy (non-hydrogen) atoms. The van der Waals surface area contributed by atoms with Crippen molar-refractivity contribution in [2.24, 2.45) is 0 Å². The number of nitrogens with one attached hydrogen (secondary N) is 1. The van der Waals surface area contributed by atoms with E-state index in [1.165, 1.54) is 0 Å². The zero-order chi connectivity index (χ0) is 13.5. The van der Waals surface area contributed by atoms with E-state index in [1.54, 1.807) is 24.5 Å². The Kier molecular flexibility index (Phi) is 5.12. The van der Waals surface area contributed by atoms with Crippen molar-refractivity contribution in [1.29, 1.82) is 0 Å². The summed E-state index contributed by atoms with van der Waals surface area (Å²) in [6, 6.07) is 7.20. The van der Waals surface area contributed by atoms with Crippen molar-refractivity contribution in [3.63, 3.8) is 0 Å². The number of aromatic nitrogens is 2. The normalized spacial score (nSPS) is 10.4. The molecular weight excluding hydrogens is 262 g/mol. The van der Waals surface area contributed by atoms with Crippen LogP contribution in [0.2, 0.25) is 5.02 Å². The van der Waals surface area contributed by atoms with Crippen LogP contribution in [-0.2, 0) is 6.54 Å². The highest BCUT2D eigenvalue weighted by molar-refractivity contribution is 6.30. The molecule has 4 nitrogen and oxygen atoms in total. The fourth-order valence-corrected chi connectivity index (χ4v) is 1.75. The molecule has 100 valence electrons. The predicted molar refractivity (Wildman–Crippen MR) is 75.6 cm³/mol. The average molecular weight is 278 g/mol. The third-order valence-electron chi connectivity index (χ3n) is 2.41. The third kappa shape index (κ3) is 4.50. The zero-order valence-electron chi connectivity index (χ0n) is 10.8. The smallest absolute Gasteiger partial charge is 0.238 e. The number of nitrogens with zero attached hydrogens (tertiary/aromatic N) is 2. The number of rotatable bonds is 6. The van der Waals surface area contributed by atoms with Gasteiger partial charge >= 0.3 is 0 Å². The first-order chi connectivity index (χ1) is 9.28. The highest BCUT2D eigenvalue weighted by Gasteiger charge is 2.02. The first-order valence-corrected chi connectivity index (χ1v) is 6.61. The molecule has 0 saturated heterocycles. The minimum absolute atomic E-state index is 0.470. The van der Waals surface area contributed by atoms with Gasteiger partial charge in [-0.2, -0.15) is 0 Å². The highest BCUT2D eigenvalue weighted by atomic mass is 35.5. The molecule has 0 unspecified atom stereocenters. The van der Waals surface area contributed by atoms with Crippen molar-refractivity contribution in [2.45, 2.75) is 19.9 Å². The number of hydrogen-bond donors (Lipinski definition) is 1. The fraction of sp³-hybridized carbons (Fsp3) is 0.286. The molecule has 0 aliphatic heterocycles. The summed E-state index contributed by atoms with van der Waals surface area (Å²) in [6.07, 6.45) is 4.41. The predicted octanol–water partition coefficient (Wildman–Crippen LogP) is 3.42. The summed E-state index contributed by atoms with van der Waals surface area (Å²) in [6.45, 7) is 3.77. The van der Waals surface area contributed by atoms with E-state index in [9.17, 15) is 0 Å². The van der Waals surface area contributed by atoms with E-state index in [0.29, 0.717) is 23.2 Å². The van der Waals surface area contributed by atoms with E-state index in [4.69, 9.17) is 16.3 Å². The van der Waals surface area contributed by atoms with Crippen molar-refractivity contribution in [2.75, 3.05) is 6.54 Å². The van der Waals surface area contributed by atoms with Gasteiger partial charge in [0.1, 0.15) is 5.75 Å². The van der Waals surface area contributed by atoms with E-state index in [1.807, 2.05) is 12.1 Å². The van der Waals surface area contributed by atoms with Crippen LogP contribution in [0.1, 0.15) is 19.0 Å². The highest BCUT2D eigenvalue weighted by Crippen LogP contribution is 2.22. The number of ether oxygens (including phenoxy) is 1. The summed E-state index contributed by atoms with van der Waals surface area (Å²) in [5, 5.41) is 3.90. The van der Waals surface area contributed by atoms with Gasteiger partial charge in [0, 0.05) is 17.8 Å². The summed E-state index contributed by atoms with van der Waals surface area (Å²) >= 11 is 5.90. The lowest BCUT2D eigenvalue weighted by molar-refractivity contribution is 0.456. The second kappa shape index (κ2) is 7.07. The van der Waals surface area contributed by atoms with Crippen LogP contribution in [0.15, 0.2) is 36.7 Å². The second-order valence-corrected chi connectivity index (χ2v) is 4.52. The lowest BCUT2D eigenvalue weighted by Gasteiger charge is -2.07. The quantitative estimate of drug-likeness (QED) is 0.822. The molecule has 5 heteroatoms. The van der Waals surface area contributed by atoms with E-state index in [-0.39, 0.29) is 0 Å². The molecule has 0 radical (unpaired) electrons. The second-order valence-electron chi connectivity index (χ2n) is 4.08. The topological polar surface area (TPSA) is 47.0 Å². The molecule has 0 bridgehead atoms. The SMILES string of the molecule is CCCNCc1cncc(Oc2cccc(Cl)c2)n1. The van der Waals surface area contributed by atoms with Crippen molar-refractivity contribution in [1.82, 2.24) is 15.3 Å². The van der Waals surface area contributed by atoms with Gasteiger partial charge in [0.2, 0.25) is 5.88 Å². The van der Waals surface area contributed by atoms with Gasteiger partial charge in [-0.15, -0.1) is 0 Å². The van der Waals surface area contributed by atoms with E-state index < -0.39 is 0 Å². The third-order valence-corrected chi connectivity index (χ3v) is 2.65. The van der Waals surface area contributed by atoms with Crippen LogP contribution in [-0.4, -0.2) is 16.5 Å². The minimum atomic E-state index is 0.470. The number of hydrogen-bond acceptors (Lipinski definition) is 4. The summed E-state index contributed by atoms with van der Waals surface area (Å²) in [4.78, 5) is 8.50. The maximum Gasteiger partial charge on any atom is 0.238 e. The van der Waals surface area contributed by atoms with Crippen LogP contribution in [0.25, 0.3) is 0 Å². The number of halogens is 1. The summed E-state index contributed by atoms with van der Waals surface area (Å²) in [7, 11) is 0. The van der Waals surface area contributed by atoms with Gasteiger partial charge in [-0.1, -0.05) is 24.6 Å². The molecule has 1 aromatic carbocycles. The fourth-order valence-electron chi connectivity index (χ4n) is 1.57. The molecule has 2 rings (SSSR count). The van der Waals surface area contributed by atoms with Crippen molar-refractivity contribution >= 4 is 11.6 Å². The monoisotopic (exact) mass is 277 g/mol. The molecule has 0 aliphatic rings. The van der Waals surface area contributed by atoms with Gasteiger partial charge < -0.3 is 10.1 Å². The van der Waals surface area contributed by atoms with Crippen LogP contribution in [0.3, 0.4) is 0 Å². The molecule has 2 aromatic rings. The Bertz CT molecular complexity index is 534. The van der Waals surface area contributed by atoms with Crippen molar-refractivity contribution < 1.29 is 4.74 Å². The Morgan fingerprint density at radius 2 is 2.21 bits per heavy atom. The Labute approximate surface area is 117 Å². The molecular formula is C14H16ClN3O. The van der Waals surface area contributed by atoms with Gasteiger partial charge in [-0.25, -0.2) is 4.98 Å². The molecule has 1 heterocycles. The molecule has 0 atom stereocenters. The van der Waals surface area contributed by atoms with Crippen LogP contribution >= 0.6 is 11.6 Å². The maximum absolute atomic E-state index is 5.90. The molecule has 0 saturated carbocycles. The van der Waals surface area contributed by atoms with E-state index in [0.717, 1.165) is 18.7 Å². The Morgan fingerprint density at radius 1 is 1.32 bits per heavy atom. The van der Waals surface area contributed by atoms with Crippen LogP contribution in [0.4, 0.5) is 0 Å². The van der Waals surface area contributed by atoms with Gasteiger partial charge in [0.25, 0.3) is 0 Å². The molecule has 0 amide bonds. The number of benzene rings is 1. The van der Waals surface area contributed by atoms with Gasteiger partial charge in [0.15, 0.2) is 0 Å².